The molecule has 0 fully saturated rings. The number of nitrogens with one attached hydrogen (secondary N) is 4. The van der Waals surface area contributed by atoms with Crippen LogP contribution in [0.25, 0.3) is 10.8 Å². The Labute approximate surface area is 343 Å². The van der Waals surface area contributed by atoms with Gasteiger partial charge in [0.2, 0.25) is 5.91 Å². The van der Waals surface area contributed by atoms with Crippen molar-refractivity contribution >= 4 is 51.5 Å². The molecule has 0 aliphatic carbocycles. The number of benzene rings is 4. The van der Waals surface area contributed by atoms with Crippen molar-refractivity contribution < 1.29 is 42.8 Å². The molecule has 0 saturated heterocycles. The van der Waals surface area contributed by atoms with Gasteiger partial charge in [0, 0.05) is 54.1 Å². The van der Waals surface area contributed by atoms with Crippen LogP contribution < -0.4 is 36.5 Å². The standard InChI is InChI=1S/C44H52N6O9/c1-44(2,3)30-22-29(24-38(45)51)41(56-6)36(25-30)49-43(53)48-35-14-15-37(34-13-8-7-12-33(34)35)59-32-16-17-46-39(26-32)47-31-11-9-10-28(23-31)42(52)50-40(55-5)27-58-21-20-57-19-18-54-4/h7-17,22-23,25-26,40H,18-21,24,27H2,1-6H3,(H2,45,51)(H,46,47)(H,50,52)(H2,48,49,53). The number of aromatic nitrogens is 1. The fraction of sp³-hybridized carbons (Fsp3) is 0.318. The first-order valence-electron chi connectivity index (χ1n) is 19.0. The summed E-state index contributed by atoms with van der Waals surface area (Å²) in [7, 11) is 4.58. The SMILES string of the molecule is COCCOCCOCC(NC(=O)c1cccc(Nc2cc(Oc3ccc(NC(=O)Nc4cc(C(C)(C)C)cc(CC(N)=O)c4OC)c4ccccc34)ccn2)c1)OC. The molecule has 5 aromatic rings. The molecule has 1 aromatic heterocycles. The van der Waals surface area contributed by atoms with Gasteiger partial charge in [-0.1, -0.05) is 57.2 Å². The third kappa shape index (κ3) is 12.6. The Morgan fingerprint density at radius 3 is 2.27 bits per heavy atom. The number of ether oxygens (including phenoxy) is 6. The summed E-state index contributed by atoms with van der Waals surface area (Å²) in [5, 5.41) is 13.4. The van der Waals surface area contributed by atoms with E-state index >= 15 is 0 Å². The highest BCUT2D eigenvalue weighted by atomic mass is 16.6. The molecule has 1 heterocycles. The highest BCUT2D eigenvalue weighted by Gasteiger charge is 2.22. The van der Waals surface area contributed by atoms with Crippen molar-refractivity contribution in [1.82, 2.24) is 10.3 Å². The Morgan fingerprint density at radius 1 is 0.797 bits per heavy atom. The van der Waals surface area contributed by atoms with Gasteiger partial charge < -0.3 is 55.4 Å². The van der Waals surface area contributed by atoms with Gasteiger partial charge in [0.1, 0.15) is 23.1 Å². The van der Waals surface area contributed by atoms with E-state index in [4.69, 9.17) is 34.2 Å². The lowest BCUT2D eigenvalue weighted by atomic mass is 9.85. The monoisotopic (exact) mass is 808 g/mol. The fourth-order valence-corrected chi connectivity index (χ4v) is 6.03. The van der Waals surface area contributed by atoms with Crippen molar-refractivity contribution in [3.8, 4) is 17.2 Å². The summed E-state index contributed by atoms with van der Waals surface area (Å²) in [5.41, 5.74) is 8.73. The Morgan fingerprint density at radius 2 is 1.54 bits per heavy atom. The van der Waals surface area contributed by atoms with Gasteiger partial charge in [-0.25, -0.2) is 9.78 Å². The molecule has 0 aliphatic heterocycles. The van der Waals surface area contributed by atoms with Gasteiger partial charge in [0.25, 0.3) is 5.91 Å². The number of carbonyl (C=O) groups is 3. The van der Waals surface area contributed by atoms with Crippen LogP contribution in [-0.2, 0) is 35.6 Å². The Hall–Kier alpha value is -6.26. The number of hydrogen-bond donors (Lipinski definition) is 5. The summed E-state index contributed by atoms with van der Waals surface area (Å²) >= 11 is 0. The molecule has 0 spiro atoms. The number of pyridine rings is 1. The zero-order valence-corrected chi connectivity index (χ0v) is 34.2. The van der Waals surface area contributed by atoms with E-state index in [1.165, 1.54) is 14.2 Å². The number of nitrogens with two attached hydrogens (primary N) is 1. The molecule has 6 N–H and O–H groups in total. The normalized spacial score (nSPS) is 11.8. The average molecular weight is 809 g/mol. The number of anilines is 4. The molecule has 0 aliphatic rings. The number of carbonyl (C=O) groups excluding carboxylic acids is 3. The second-order valence-electron chi connectivity index (χ2n) is 14.4. The van der Waals surface area contributed by atoms with Crippen LogP contribution in [-0.4, -0.2) is 83.4 Å². The predicted molar refractivity (Wildman–Crippen MR) is 227 cm³/mol. The Kier molecular flexibility index (Phi) is 15.6. The molecule has 0 radical (unpaired) electrons. The molecule has 0 saturated carbocycles. The molecular formula is C44H52N6O9. The maximum Gasteiger partial charge on any atom is 0.323 e. The Balaban J connectivity index is 1.25. The molecule has 312 valence electrons. The summed E-state index contributed by atoms with van der Waals surface area (Å²) < 4.78 is 33.3. The van der Waals surface area contributed by atoms with Gasteiger partial charge in [0.05, 0.1) is 57.9 Å². The lowest BCUT2D eigenvalue weighted by Crippen LogP contribution is -2.39. The minimum absolute atomic E-state index is 0.0446. The molecule has 0 bridgehead atoms. The number of nitrogens with zero attached hydrogens (tertiary/aromatic N) is 1. The molecule has 4 aromatic carbocycles. The Bertz CT molecular complexity index is 2230. The van der Waals surface area contributed by atoms with Crippen molar-refractivity contribution in [2.75, 3.05) is 70.3 Å². The molecule has 1 unspecified atom stereocenters. The van der Waals surface area contributed by atoms with E-state index in [1.807, 2.05) is 63.2 Å². The smallest absolute Gasteiger partial charge is 0.323 e. The minimum Gasteiger partial charge on any atom is -0.494 e. The van der Waals surface area contributed by atoms with Gasteiger partial charge in [-0.15, -0.1) is 0 Å². The van der Waals surface area contributed by atoms with Crippen LogP contribution >= 0.6 is 0 Å². The van der Waals surface area contributed by atoms with Crippen LogP contribution in [0, 0.1) is 0 Å². The van der Waals surface area contributed by atoms with Gasteiger partial charge in [-0.2, -0.15) is 0 Å². The van der Waals surface area contributed by atoms with Gasteiger partial charge in [0.15, 0.2) is 6.23 Å². The molecule has 15 heteroatoms. The topological polar surface area (TPSA) is 194 Å². The van der Waals surface area contributed by atoms with Gasteiger partial charge in [-0.05, 0) is 53.4 Å². The second kappa shape index (κ2) is 20.9. The number of amides is 4. The van der Waals surface area contributed by atoms with E-state index in [0.717, 1.165) is 16.3 Å². The van der Waals surface area contributed by atoms with E-state index in [1.54, 1.807) is 55.8 Å². The average Bonchev–Trinajstić information content (AvgIpc) is 3.20. The van der Waals surface area contributed by atoms with E-state index in [0.29, 0.717) is 77.7 Å². The molecule has 1 atom stereocenters. The van der Waals surface area contributed by atoms with E-state index < -0.39 is 18.2 Å². The van der Waals surface area contributed by atoms with Crippen LogP contribution in [0.5, 0.6) is 17.2 Å². The minimum atomic E-state index is -0.656. The summed E-state index contributed by atoms with van der Waals surface area (Å²) in [5.74, 6) is 1.05. The summed E-state index contributed by atoms with van der Waals surface area (Å²) in [6.45, 7) is 7.99. The summed E-state index contributed by atoms with van der Waals surface area (Å²) in [4.78, 5) is 42.9. The number of methoxy groups -OCH3 is 3. The van der Waals surface area contributed by atoms with E-state index in [9.17, 15) is 14.4 Å². The third-order valence-electron chi connectivity index (χ3n) is 8.99. The number of fused-ring (bicyclic) bond motifs is 1. The zero-order chi connectivity index (χ0) is 42.4. The van der Waals surface area contributed by atoms with Crippen LogP contribution in [0.1, 0.15) is 42.3 Å². The zero-order valence-electron chi connectivity index (χ0n) is 34.2. The number of hydrogen-bond acceptors (Lipinski definition) is 11. The lowest BCUT2D eigenvalue weighted by Gasteiger charge is -2.23. The number of primary amides is 1. The first-order valence-corrected chi connectivity index (χ1v) is 19.0. The first-order chi connectivity index (χ1) is 28.4. The highest BCUT2D eigenvalue weighted by molar-refractivity contribution is 6.08. The molecule has 15 nitrogen and oxygen atoms in total. The maximum absolute atomic E-state index is 13.5. The van der Waals surface area contributed by atoms with Crippen molar-refractivity contribution in [2.24, 2.45) is 5.73 Å². The quantitative estimate of drug-likeness (QED) is 0.0397. The van der Waals surface area contributed by atoms with Crippen LogP contribution in [0.3, 0.4) is 0 Å². The highest BCUT2D eigenvalue weighted by Crippen LogP contribution is 2.37. The van der Waals surface area contributed by atoms with E-state index in [-0.39, 0.29) is 24.3 Å². The second-order valence-corrected chi connectivity index (χ2v) is 14.4. The first kappa shape index (κ1) is 43.9. The summed E-state index contributed by atoms with van der Waals surface area (Å²) in [6.07, 6.45) is 0.910. The van der Waals surface area contributed by atoms with Crippen LogP contribution in [0.4, 0.5) is 27.7 Å². The largest absolute Gasteiger partial charge is 0.494 e. The molecular weight excluding hydrogens is 757 g/mol. The summed E-state index contributed by atoms with van der Waals surface area (Å²) in [6, 6.07) is 24.7. The van der Waals surface area contributed by atoms with Crippen molar-refractivity contribution in [3.63, 3.8) is 0 Å². The molecule has 59 heavy (non-hydrogen) atoms. The predicted octanol–water partition coefficient (Wildman–Crippen LogP) is 7.13. The van der Waals surface area contributed by atoms with Crippen LogP contribution in [0.15, 0.2) is 91.1 Å². The van der Waals surface area contributed by atoms with Crippen molar-refractivity contribution in [3.05, 3.63) is 108 Å². The van der Waals surface area contributed by atoms with Crippen molar-refractivity contribution in [1.29, 1.82) is 0 Å². The maximum atomic E-state index is 13.5. The third-order valence-corrected chi connectivity index (χ3v) is 8.99. The van der Waals surface area contributed by atoms with Gasteiger partial charge >= 0.3 is 6.03 Å². The van der Waals surface area contributed by atoms with Crippen molar-refractivity contribution in [2.45, 2.75) is 38.8 Å². The van der Waals surface area contributed by atoms with Gasteiger partial charge in [-0.3, -0.25) is 9.59 Å². The number of rotatable bonds is 20. The molecule has 4 amide bonds. The molecule has 5 rings (SSSR count). The fourth-order valence-electron chi connectivity index (χ4n) is 6.03. The number of urea groups is 1. The lowest BCUT2D eigenvalue weighted by molar-refractivity contribution is -0.117. The van der Waals surface area contributed by atoms with Crippen LogP contribution in [0.2, 0.25) is 0 Å². The van der Waals surface area contributed by atoms with E-state index in [2.05, 4.69) is 26.3 Å².